The van der Waals surface area contributed by atoms with Crippen LogP contribution in [0.2, 0.25) is 0 Å². The molecule has 2 aliphatic carbocycles. The molecule has 5 rings (SSSR count). The molecule has 0 amide bonds. The number of aromatic nitrogens is 1. The molecule has 2 saturated carbocycles. The first-order valence-corrected chi connectivity index (χ1v) is 11.1. The van der Waals surface area contributed by atoms with E-state index in [0.29, 0.717) is 5.41 Å². The van der Waals surface area contributed by atoms with Crippen molar-refractivity contribution in [1.29, 1.82) is 0 Å². The van der Waals surface area contributed by atoms with Gasteiger partial charge >= 0.3 is 0 Å². The van der Waals surface area contributed by atoms with Crippen molar-refractivity contribution in [1.82, 2.24) is 4.98 Å². The van der Waals surface area contributed by atoms with Crippen LogP contribution in [0, 0.1) is 5.41 Å². The monoisotopic (exact) mass is 383 g/mol. The third-order valence-electron chi connectivity index (χ3n) is 7.25. The molecule has 0 unspecified atom stereocenters. The number of nitrogens with zero attached hydrogens (tertiary/aromatic N) is 1. The zero-order valence-electron chi connectivity index (χ0n) is 19.1. The van der Waals surface area contributed by atoms with Crippen molar-refractivity contribution in [2.24, 2.45) is 5.41 Å². The number of benzene rings is 2. The predicted octanol–water partition coefficient (Wildman–Crippen LogP) is 7.75. The Balaban J connectivity index is 1.28. The fourth-order valence-electron chi connectivity index (χ4n) is 5.33. The van der Waals surface area contributed by atoms with Gasteiger partial charge in [-0.15, -0.1) is 0 Å². The normalized spacial score (nSPS) is 33.1. The summed E-state index contributed by atoms with van der Waals surface area (Å²) in [5, 5.41) is 0. The summed E-state index contributed by atoms with van der Waals surface area (Å²) < 4.78 is 18.3. The summed E-state index contributed by atoms with van der Waals surface area (Å²) in [6.45, 7) is 0. The van der Waals surface area contributed by atoms with Crippen LogP contribution in [0.25, 0.3) is 11.3 Å². The summed E-state index contributed by atoms with van der Waals surface area (Å²) in [5.74, 6) is -0.954. The van der Waals surface area contributed by atoms with Gasteiger partial charge in [0.15, 0.2) is 0 Å². The molecule has 2 fully saturated rings. The third-order valence-corrected chi connectivity index (χ3v) is 7.25. The van der Waals surface area contributed by atoms with E-state index in [1.807, 2.05) is 36.5 Å². The molecule has 1 nitrogen and oxygen atoms in total. The molecule has 0 atom stereocenters. The summed E-state index contributed by atoms with van der Waals surface area (Å²) in [6.07, 6.45) is 10.00. The molecule has 2 aromatic carbocycles. The maximum Gasteiger partial charge on any atom is 0.0704 e. The Morgan fingerprint density at radius 1 is 0.690 bits per heavy atom. The van der Waals surface area contributed by atoms with Crippen LogP contribution in [-0.2, 0) is 0 Å². The van der Waals surface area contributed by atoms with Crippen LogP contribution in [0.1, 0.15) is 77.0 Å². The minimum absolute atomic E-state index is 0.333. The minimum atomic E-state index is -0.521. The van der Waals surface area contributed by atoms with Crippen molar-refractivity contribution in [2.45, 2.75) is 63.2 Å². The van der Waals surface area contributed by atoms with Gasteiger partial charge in [0.25, 0.3) is 0 Å². The molecule has 148 valence electrons. The summed E-state index contributed by atoms with van der Waals surface area (Å²) in [6, 6.07) is 24.8. The molecule has 0 saturated heterocycles. The van der Waals surface area contributed by atoms with E-state index < -0.39 is 11.8 Å². The average Bonchev–Trinajstić information content (AvgIpc) is 2.84. The smallest absolute Gasteiger partial charge is 0.0704 e. The minimum Gasteiger partial charge on any atom is -0.256 e. The van der Waals surface area contributed by atoms with Crippen LogP contribution >= 0.6 is 0 Å². The van der Waals surface area contributed by atoms with Gasteiger partial charge in [-0.05, 0) is 91.8 Å². The van der Waals surface area contributed by atoms with Crippen molar-refractivity contribution in [2.75, 3.05) is 0 Å². The van der Waals surface area contributed by atoms with Gasteiger partial charge in [0.2, 0.25) is 0 Å². The molecule has 0 N–H and O–H groups in total. The molecule has 1 aromatic heterocycles. The average molecular weight is 384 g/mol. The largest absolute Gasteiger partial charge is 0.256 e. The molecule has 29 heavy (non-hydrogen) atoms. The topological polar surface area (TPSA) is 12.9 Å². The van der Waals surface area contributed by atoms with E-state index >= 15 is 0 Å². The predicted molar refractivity (Wildman–Crippen MR) is 121 cm³/mol. The van der Waals surface area contributed by atoms with Crippen molar-refractivity contribution in [3.8, 4) is 11.3 Å². The molecular weight excluding hydrogens is 350 g/mol. The summed E-state index contributed by atoms with van der Waals surface area (Å²) in [7, 11) is 0. The Kier molecular flexibility index (Phi) is 4.60. The van der Waals surface area contributed by atoms with Gasteiger partial charge in [-0.2, -0.15) is 0 Å². The van der Waals surface area contributed by atoms with Crippen molar-refractivity contribution >= 4 is 0 Å². The van der Waals surface area contributed by atoms with Crippen LogP contribution < -0.4 is 0 Å². The molecule has 1 spiro atoms. The quantitative estimate of drug-likeness (QED) is 0.450. The van der Waals surface area contributed by atoms with Crippen LogP contribution in [0.3, 0.4) is 0 Å². The van der Waals surface area contributed by atoms with E-state index in [-0.39, 0.29) is 0 Å². The van der Waals surface area contributed by atoms with E-state index in [0.717, 1.165) is 68.2 Å². The highest BCUT2D eigenvalue weighted by Crippen LogP contribution is 2.53. The first-order valence-electron chi connectivity index (χ1n) is 12.1. The Morgan fingerprint density at radius 3 is 1.86 bits per heavy atom. The van der Waals surface area contributed by atoms with Gasteiger partial charge in [-0.1, -0.05) is 60.7 Å². The number of rotatable bonds is 3. The fourth-order valence-corrected chi connectivity index (χ4v) is 5.33. The van der Waals surface area contributed by atoms with Crippen molar-refractivity contribution < 1.29 is 2.74 Å². The van der Waals surface area contributed by atoms with E-state index in [2.05, 4.69) is 47.4 Å². The van der Waals surface area contributed by atoms with Crippen molar-refractivity contribution in [3.63, 3.8) is 0 Å². The number of hydrogen-bond acceptors (Lipinski definition) is 1. The highest BCUT2D eigenvalue weighted by atomic mass is 14.7. The molecule has 0 bridgehead atoms. The van der Waals surface area contributed by atoms with Gasteiger partial charge < -0.3 is 0 Å². The summed E-state index contributed by atoms with van der Waals surface area (Å²) in [5.41, 5.74) is 4.68. The summed E-state index contributed by atoms with van der Waals surface area (Å²) >= 11 is 0. The lowest BCUT2D eigenvalue weighted by molar-refractivity contribution is 0.105. The zero-order chi connectivity index (χ0) is 21.4. The lowest BCUT2D eigenvalue weighted by atomic mass is 9.60. The molecule has 3 aromatic rings. The fraction of sp³-hybridized carbons (Fsp3) is 0.393. The van der Waals surface area contributed by atoms with E-state index in [9.17, 15) is 1.37 Å². The van der Waals surface area contributed by atoms with Crippen LogP contribution in [-0.4, -0.2) is 4.98 Å². The molecule has 1 heteroatoms. The van der Waals surface area contributed by atoms with Gasteiger partial charge in [-0.25, -0.2) is 0 Å². The number of hydrogen-bond donors (Lipinski definition) is 0. The van der Waals surface area contributed by atoms with Gasteiger partial charge in [0.1, 0.15) is 0 Å². The van der Waals surface area contributed by atoms with Crippen molar-refractivity contribution in [3.05, 3.63) is 90.1 Å². The van der Waals surface area contributed by atoms with E-state index in [1.54, 1.807) is 0 Å². The lowest BCUT2D eigenvalue weighted by Crippen LogP contribution is -2.31. The van der Waals surface area contributed by atoms with Gasteiger partial charge in [0.05, 0.1) is 5.69 Å². The van der Waals surface area contributed by atoms with Gasteiger partial charge in [0, 0.05) is 14.5 Å². The maximum absolute atomic E-state index is 9.27. The second-order valence-electron chi connectivity index (χ2n) is 8.87. The van der Waals surface area contributed by atoms with Crippen LogP contribution in [0.15, 0.2) is 79.0 Å². The second-order valence-corrected chi connectivity index (χ2v) is 8.87. The van der Waals surface area contributed by atoms with Crippen LogP contribution in [0.5, 0.6) is 0 Å². The zero-order valence-corrected chi connectivity index (χ0v) is 17.1. The highest BCUT2D eigenvalue weighted by Gasteiger charge is 2.39. The molecule has 0 aliphatic heterocycles. The Bertz CT molecular complexity index is 1010. The number of pyridine rings is 1. The Hall–Kier alpha value is -2.41. The maximum atomic E-state index is 9.27. The second kappa shape index (κ2) is 8.14. The molecule has 2 aliphatic rings. The summed E-state index contributed by atoms with van der Waals surface area (Å²) in [4.78, 5) is 4.56. The van der Waals surface area contributed by atoms with E-state index in [4.69, 9.17) is 1.37 Å². The SMILES string of the molecule is [2H]C1(c2ccccc2)CCC2(CC1)CCC([2H])(c1ccnc(-c3ccccc3)c1)CC2. The molecular formula is C28H31N. The molecule has 0 radical (unpaired) electrons. The third kappa shape index (κ3) is 4.01. The van der Waals surface area contributed by atoms with Crippen LogP contribution in [0.4, 0.5) is 0 Å². The first kappa shape index (κ1) is 16.4. The standard InChI is InChI=1S/C28H31N/c1-3-7-22(8-4-1)23-11-16-28(17-12-23)18-13-24(14-19-28)26-15-20-29-27(21-26)25-9-5-2-6-10-25/h1-10,15,20-21,23-24H,11-14,16-19H2/i23D,24D. The Labute approximate surface area is 178 Å². The first-order chi connectivity index (χ1) is 15.0. The van der Waals surface area contributed by atoms with E-state index in [1.165, 1.54) is 5.56 Å². The lowest BCUT2D eigenvalue weighted by Gasteiger charge is -2.45. The Morgan fingerprint density at radius 2 is 1.24 bits per heavy atom. The molecule has 1 heterocycles. The highest BCUT2D eigenvalue weighted by molar-refractivity contribution is 5.59. The van der Waals surface area contributed by atoms with Gasteiger partial charge in [-0.3, -0.25) is 4.98 Å².